The van der Waals surface area contributed by atoms with Crippen LogP contribution in [-0.4, -0.2) is 6.21 Å². The summed E-state index contributed by atoms with van der Waals surface area (Å²) in [7, 11) is 0. The summed E-state index contributed by atoms with van der Waals surface area (Å²) in [4.78, 5) is 2.22. The molecule has 3 heteroatoms. The van der Waals surface area contributed by atoms with Gasteiger partial charge in [-0.05, 0) is 42.5 Å². The largest absolute Gasteiger partial charge is 0.309 e. The Bertz CT molecular complexity index is 1200. The van der Waals surface area contributed by atoms with E-state index in [1.165, 1.54) is 26.4 Å². The maximum absolute atomic E-state index is 7.40. The molecule has 0 saturated heterocycles. The Labute approximate surface area is 168 Å². The summed E-state index contributed by atoms with van der Waals surface area (Å²) in [5.41, 5.74) is 3.14. The molecule has 0 aliphatic heterocycles. The van der Waals surface area contributed by atoms with Gasteiger partial charge < -0.3 is 10.3 Å². The quantitative estimate of drug-likeness (QED) is 0.273. The minimum atomic E-state index is 0.953. The SMILES string of the molecule is C=C/C=C(\C=C/C=N)N(c1ccccc1)c1cccc2c1sc1ccccc12. The molecule has 0 spiro atoms. The molecule has 0 unspecified atom stereocenters. The number of fused-ring (bicyclic) bond motifs is 3. The summed E-state index contributed by atoms with van der Waals surface area (Å²) in [6.45, 7) is 3.88. The van der Waals surface area contributed by atoms with Crippen LogP contribution in [0.4, 0.5) is 11.4 Å². The van der Waals surface area contributed by atoms with Gasteiger partial charge in [-0.15, -0.1) is 11.3 Å². The zero-order valence-corrected chi connectivity index (χ0v) is 16.2. The third-order valence-electron chi connectivity index (χ3n) is 4.55. The minimum Gasteiger partial charge on any atom is -0.309 e. The number of nitrogens with zero attached hydrogens (tertiary/aromatic N) is 1. The van der Waals surface area contributed by atoms with Crippen LogP contribution in [-0.2, 0) is 0 Å². The summed E-state index contributed by atoms with van der Waals surface area (Å²) in [5.74, 6) is 0. The molecule has 0 saturated carbocycles. The van der Waals surface area contributed by atoms with Crippen LogP contribution in [0.25, 0.3) is 20.2 Å². The molecule has 1 aromatic heterocycles. The predicted molar refractivity (Wildman–Crippen MR) is 124 cm³/mol. The molecule has 0 fully saturated rings. The average Bonchev–Trinajstić information content (AvgIpc) is 3.12. The van der Waals surface area contributed by atoms with Gasteiger partial charge in [0.1, 0.15) is 0 Å². The maximum Gasteiger partial charge on any atom is 0.0640 e. The zero-order chi connectivity index (χ0) is 19.3. The number of nitrogens with one attached hydrogen (secondary N) is 1. The number of hydrogen-bond acceptors (Lipinski definition) is 3. The molecule has 0 atom stereocenters. The van der Waals surface area contributed by atoms with Crippen molar-refractivity contribution < 1.29 is 0 Å². The first-order chi connectivity index (χ1) is 13.8. The minimum absolute atomic E-state index is 0.953. The Balaban J connectivity index is 2.02. The molecule has 1 N–H and O–H groups in total. The maximum atomic E-state index is 7.40. The molecule has 0 aliphatic rings. The van der Waals surface area contributed by atoms with Crippen LogP contribution < -0.4 is 4.90 Å². The number of thiophene rings is 1. The van der Waals surface area contributed by atoms with Gasteiger partial charge in [-0.3, -0.25) is 0 Å². The fourth-order valence-corrected chi connectivity index (χ4v) is 4.59. The number of para-hydroxylation sites is 1. The molecular weight excluding hydrogens is 360 g/mol. The molecule has 4 aromatic rings. The monoisotopic (exact) mass is 380 g/mol. The molecule has 0 aliphatic carbocycles. The molecule has 0 radical (unpaired) electrons. The van der Waals surface area contributed by atoms with E-state index in [2.05, 4.69) is 66.1 Å². The lowest BCUT2D eigenvalue weighted by Gasteiger charge is -2.26. The van der Waals surface area contributed by atoms with Crippen molar-refractivity contribution in [1.82, 2.24) is 0 Å². The fourth-order valence-electron chi connectivity index (χ4n) is 3.38. The Kier molecular flexibility index (Phi) is 5.18. The van der Waals surface area contributed by atoms with Gasteiger partial charge in [0.25, 0.3) is 0 Å². The third-order valence-corrected chi connectivity index (χ3v) is 5.76. The van der Waals surface area contributed by atoms with Gasteiger partial charge in [0.05, 0.1) is 10.4 Å². The number of rotatable bonds is 6. The second kappa shape index (κ2) is 8.07. The molecule has 4 rings (SSSR count). The summed E-state index contributed by atoms with van der Waals surface area (Å²) in [5, 5.41) is 9.94. The van der Waals surface area contributed by atoms with Crippen molar-refractivity contribution in [1.29, 1.82) is 5.41 Å². The van der Waals surface area contributed by atoms with Crippen LogP contribution in [0.2, 0.25) is 0 Å². The van der Waals surface area contributed by atoms with Crippen LogP contribution in [0.15, 0.2) is 109 Å². The van der Waals surface area contributed by atoms with Crippen molar-refractivity contribution in [2.24, 2.45) is 0 Å². The Morgan fingerprint density at radius 1 is 0.893 bits per heavy atom. The van der Waals surface area contributed by atoms with Crippen molar-refractivity contribution in [2.75, 3.05) is 4.90 Å². The van der Waals surface area contributed by atoms with Crippen LogP contribution in [0, 0.1) is 5.41 Å². The van der Waals surface area contributed by atoms with E-state index in [1.54, 1.807) is 23.5 Å². The van der Waals surface area contributed by atoms with Crippen LogP contribution in [0.3, 0.4) is 0 Å². The van der Waals surface area contributed by atoms with Gasteiger partial charge in [-0.1, -0.05) is 61.2 Å². The molecule has 1 heterocycles. The lowest BCUT2D eigenvalue weighted by molar-refractivity contribution is 1.22. The van der Waals surface area contributed by atoms with E-state index >= 15 is 0 Å². The molecule has 2 nitrogen and oxygen atoms in total. The Hall–Kier alpha value is -3.43. The topological polar surface area (TPSA) is 27.1 Å². The second-order valence-electron chi connectivity index (χ2n) is 6.28. The Morgan fingerprint density at radius 3 is 2.43 bits per heavy atom. The van der Waals surface area contributed by atoms with Gasteiger partial charge in [-0.2, -0.15) is 0 Å². The van der Waals surface area contributed by atoms with E-state index < -0.39 is 0 Å². The van der Waals surface area contributed by atoms with Crippen LogP contribution in [0.1, 0.15) is 0 Å². The average molecular weight is 381 g/mol. The van der Waals surface area contributed by atoms with Gasteiger partial charge in [0.15, 0.2) is 0 Å². The molecule has 0 amide bonds. The van der Waals surface area contributed by atoms with E-state index in [-0.39, 0.29) is 0 Å². The van der Waals surface area contributed by atoms with Crippen molar-refractivity contribution in [3.05, 3.63) is 109 Å². The highest BCUT2D eigenvalue weighted by molar-refractivity contribution is 7.26. The highest BCUT2D eigenvalue weighted by Gasteiger charge is 2.17. The summed E-state index contributed by atoms with van der Waals surface area (Å²) in [6, 6.07) is 25.3. The fraction of sp³-hybridized carbons (Fsp3) is 0. The molecule has 136 valence electrons. The van der Waals surface area contributed by atoms with Crippen molar-refractivity contribution in [2.45, 2.75) is 0 Å². The molecule has 0 bridgehead atoms. The first kappa shape index (κ1) is 18.0. The third kappa shape index (κ3) is 3.28. The lowest BCUT2D eigenvalue weighted by Crippen LogP contribution is -2.15. The van der Waals surface area contributed by atoms with Gasteiger partial charge >= 0.3 is 0 Å². The Morgan fingerprint density at radius 2 is 1.64 bits per heavy atom. The van der Waals surface area contributed by atoms with Crippen molar-refractivity contribution >= 4 is 49.1 Å². The van der Waals surface area contributed by atoms with Gasteiger partial charge in [0.2, 0.25) is 0 Å². The van der Waals surface area contributed by atoms with Gasteiger partial charge in [-0.25, -0.2) is 0 Å². The number of hydrogen-bond donors (Lipinski definition) is 1. The van der Waals surface area contributed by atoms with E-state index in [1.807, 2.05) is 30.4 Å². The smallest absolute Gasteiger partial charge is 0.0640 e. The van der Waals surface area contributed by atoms with Gasteiger partial charge in [0, 0.05) is 33.1 Å². The summed E-state index contributed by atoms with van der Waals surface area (Å²) >= 11 is 1.81. The van der Waals surface area contributed by atoms with Crippen LogP contribution >= 0.6 is 11.3 Å². The van der Waals surface area contributed by atoms with Crippen molar-refractivity contribution in [3.63, 3.8) is 0 Å². The normalized spacial score (nSPS) is 11.9. The highest BCUT2D eigenvalue weighted by Crippen LogP contribution is 2.42. The number of anilines is 2. The summed E-state index contributed by atoms with van der Waals surface area (Å²) in [6.07, 6.45) is 8.72. The number of allylic oxidation sites excluding steroid dienone is 4. The molecular formula is C25H20N2S. The van der Waals surface area contributed by atoms with Crippen LogP contribution in [0.5, 0.6) is 0 Å². The molecule has 3 aromatic carbocycles. The van der Waals surface area contributed by atoms with E-state index in [0.29, 0.717) is 0 Å². The molecule has 28 heavy (non-hydrogen) atoms. The predicted octanol–water partition coefficient (Wildman–Crippen LogP) is 7.47. The standard InChI is InChI=1S/C25H20N2S/c1-2-10-19(13-9-18-26)27(20-11-4-3-5-12-20)23-16-8-15-22-21-14-6-7-17-24(21)28-25(22)23/h2-18,26H,1H2/b13-9-,19-10+,26-18?. The van der Waals surface area contributed by atoms with Crippen molar-refractivity contribution in [3.8, 4) is 0 Å². The first-order valence-electron chi connectivity index (χ1n) is 9.09. The second-order valence-corrected chi connectivity index (χ2v) is 7.33. The lowest BCUT2D eigenvalue weighted by atomic mass is 10.1. The van der Waals surface area contributed by atoms with E-state index in [4.69, 9.17) is 5.41 Å². The van der Waals surface area contributed by atoms with E-state index in [9.17, 15) is 0 Å². The highest BCUT2D eigenvalue weighted by atomic mass is 32.1. The first-order valence-corrected chi connectivity index (χ1v) is 9.90. The van der Waals surface area contributed by atoms with E-state index in [0.717, 1.165) is 17.1 Å². The zero-order valence-electron chi connectivity index (χ0n) is 15.4. The number of benzene rings is 3. The summed E-state index contributed by atoms with van der Waals surface area (Å²) < 4.78 is 2.52.